The molecule has 2 rings (SSSR count). The van der Waals surface area contributed by atoms with Gasteiger partial charge in [-0.1, -0.05) is 6.07 Å². The number of hydrogen-bond donors (Lipinski definition) is 2. The van der Waals surface area contributed by atoms with E-state index >= 15 is 0 Å². The normalized spacial score (nSPS) is 11.2. The summed E-state index contributed by atoms with van der Waals surface area (Å²) < 4.78 is 10.7. The zero-order valence-electron chi connectivity index (χ0n) is 13.8. The van der Waals surface area contributed by atoms with E-state index in [2.05, 4.69) is 16.4 Å². The van der Waals surface area contributed by atoms with Crippen molar-refractivity contribution in [2.24, 2.45) is 10.7 Å². The van der Waals surface area contributed by atoms with Crippen molar-refractivity contribution < 1.29 is 9.47 Å². The fourth-order valence-corrected chi connectivity index (χ4v) is 2.24. The van der Waals surface area contributed by atoms with Crippen molar-refractivity contribution in [2.75, 3.05) is 25.6 Å². The molecular weight excluding hydrogens is 290 g/mol. The van der Waals surface area contributed by atoms with E-state index in [0.29, 0.717) is 19.1 Å². The number of nitrogens with two attached hydrogens (primary N) is 1. The second kappa shape index (κ2) is 8.08. The summed E-state index contributed by atoms with van der Waals surface area (Å²) in [6, 6.07) is 13.6. The number of guanidine groups is 1. The number of methoxy groups -OCH3 is 1. The maximum Gasteiger partial charge on any atom is 0.193 e. The summed E-state index contributed by atoms with van der Waals surface area (Å²) in [6.45, 7) is 5.04. The standard InChI is InChI=1S/C18H23N3O2/c1-13-10-14(2)12-15(11-13)21-18(19)20-8-9-23-17-6-4-16(22-3)5-7-17/h4-7,10-12H,8-9H2,1-3H3,(H3,19,20,21). The van der Waals surface area contributed by atoms with E-state index in [-0.39, 0.29) is 0 Å². The fourth-order valence-electron chi connectivity index (χ4n) is 2.24. The highest BCUT2D eigenvalue weighted by molar-refractivity contribution is 5.92. The van der Waals surface area contributed by atoms with Crippen molar-refractivity contribution >= 4 is 11.6 Å². The largest absolute Gasteiger partial charge is 0.497 e. The van der Waals surface area contributed by atoms with Crippen LogP contribution in [0.1, 0.15) is 11.1 Å². The van der Waals surface area contributed by atoms with Crippen LogP contribution in [0.4, 0.5) is 5.69 Å². The summed E-state index contributed by atoms with van der Waals surface area (Å²) in [6.07, 6.45) is 0. The molecule has 0 amide bonds. The molecule has 0 aliphatic rings. The van der Waals surface area contributed by atoms with Crippen LogP contribution in [0.25, 0.3) is 0 Å². The van der Waals surface area contributed by atoms with Crippen LogP contribution in [0.15, 0.2) is 47.5 Å². The molecule has 5 nitrogen and oxygen atoms in total. The second-order valence-electron chi connectivity index (χ2n) is 5.29. The molecule has 0 saturated heterocycles. The Morgan fingerprint density at radius 2 is 1.65 bits per heavy atom. The zero-order chi connectivity index (χ0) is 16.7. The SMILES string of the molecule is COc1ccc(OCCN=C(N)Nc2cc(C)cc(C)c2)cc1. The first-order valence-electron chi connectivity index (χ1n) is 7.49. The summed E-state index contributed by atoms with van der Waals surface area (Å²) in [5.41, 5.74) is 9.20. The Balaban J connectivity index is 1.80. The number of rotatable bonds is 6. The van der Waals surface area contributed by atoms with Gasteiger partial charge in [0.1, 0.15) is 18.1 Å². The molecule has 122 valence electrons. The molecule has 2 aromatic rings. The molecule has 0 aromatic heterocycles. The Hall–Kier alpha value is -2.69. The van der Waals surface area contributed by atoms with Crippen molar-refractivity contribution in [1.29, 1.82) is 0 Å². The van der Waals surface area contributed by atoms with Crippen LogP contribution in [0, 0.1) is 13.8 Å². The highest BCUT2D eigenvalue weighted by atomic mass is 16.5. The molecule has 2 aromatic carbocycles. The van der Waals surface area contributed by atoms with Crippen molar-refractivity contribution in [3.63, 3.8) is 0 Å². The summed E-state index contributed by atoms with van der Waals surface area (Å²) in [5.74, 6) is 1.97. The molecule has 0 spiro atoms. The third-order valence-corrected chi connectivity index (χ3v) is 3.20. The Kier molecular flexibility index (Phi) is 5.86. The lowest BCUT2D eigenvalue weighted by molar-refractivity contribution is 0.327. The van der Waals surface area contributed by atoms with Crippen LogP contribution in [-0.4, -0.2) is 26.2 Å². The average molecular weight is 313 g/mol. The van der Waals surface area contributed by atoms with E-state index in [1.54, 1.807) is 7.11 Å². The quantitative estimate of drug-likeness (QED) is 0.488. The molecule has 0 atom stereocenters. The topological polar surface area (TPSA) is 68.9 Å². The molecule has 3 N–H and O–H groups in total. The smallest absolute Gasteiger partial charge is 0.193 e. The molecule has 0 bridgehead atoms. The highest BCUT2D eigenvalue weighted by Gasteiger charge is 1.98. The van der Waals surface area contributed by atoms with Crippen molar-refractivity contribution in [3.8, 4) is 11.5 Å². The average Bonchev–Trinajstić information content (AvgIpc) is 2.51. The number of hydrogen-bond acceptors (Lipinski definition) is 3. The first-order chi connectivity index (χ1) is 11.1. The molecular formula is C18H23N3O2. The maximum absolute atomic E-state index is 5.89. The molecule has 0 fully saturated rings. The predicted molar refractivity (Wildman–Crippen MR) is 94.5 cm³/mol. The monoisotopic (exact) mass is 313 g/mol. The minimum atomic E-state index is 0.383. The maximum atomic E-state index is 5.89. The molecule has 0 radical (unpaired) electrons. The summed E-state index contributed by atoms with van der Waals surface area (Å²) in [4.78, 5) is 4.26. The molecule has 0 aliphatic heterocycles. The molecule has 0 heterocycles. The molecule has 5 heteroatoms. The Labute approximate surface area is 137 Å². The number of ether oxygens (including phenoxy) is 2. The van der Waals surface area contributed by atoms with E-state index in [9.17, 15) is 0 Å². The number of benzene rings is 2. The van der Waals surface area contributed by atoms with Crippen molar-refractivity contribution in [1.82, 2.24) is 0 Å². The Morgan fingerprint density at radius 1 is 1.04 bits per heavy atom. The zero-order valence-corrected chi connectivity index (χ0v) is 13.8. The third kappa shape index (κ3) is 5.54. The summed E-state index contributed by atoms with van der Waals surface area (Å²) in [5, 5.41) is 3.09. The van der Waals surface area contributed by atoms with Gasteiger partial charge in [0.15, 0.2) is 5.96 Å². The lowest BCUT2D eigenvalue weighted by Crippen LogP contribution is -2.23. The van der Waals surface area contributed by atoms with Crippen LogP contribution in [0.3, 0.4) is 0 Å². The van der Waals surface area contributed by atoms with Crippen molar-refractivity contribution in [2.45, 2.75) is 13.8 Å². The molecule has 23 heavy (non-hydrogen) atoms. The lowest BCUT2D eigenvalue weighted by atomic mass is 10.1. The van der Waals surface area contributed by atoms with Gasteiger partial charge in [0.2, 0.25) is 0 Å². The van der Waals surface area contributed by atoms with Gasteiger partial charge in [0, 0.05) is 5.69 Å². The third-order valence-electron chi connectivity index (χ3n) is 3.20. The van der Waals surface area contributed by atoms with E-state index in [0.717, 1.165) is 17.2 Å². The van der Waals surface area contributed by atoms with E-state index < -0.39 is 0 Å². The number of nitrogens with one attached hydrogen (secondary N) is 1. The van der Waals surface area contributed by atoms with Gasteiger partial charge in [0.25, 0.3) is 0 Å². The van der Waals surface area contributed by atoms with Crippen LogP contribution in [0.2, 0.25) is 0 Å². The highest BCUT2D eigenvalue weighted by Crippen LogP contribution is 2.17. The molecule has 0 saturated carbocycles. The minimum Gasteiger partial charge on any atom is -0.497 e. The van der Waals surface area contributed by atoms with Gasteiger partial charge in [-0.25, -0.2) is 4.99 Å². The van der Waals surface area contributed by atoms with Gasteiger partial charge in [-0.15, -0.1) is 0 Å². The van der Waals surface area contributed by atoms with Gasteiger partial charge in [-0.05, 0) is 61.4 Å². The van der Waals surface area contributed by atoms with E-state index in [4.69, 9.17) is 15.2 Å². The Morgan fingerprint density at radius 3 is 2.26 bits per heavy atom. The van der Waals surface area contributed by atoms with Crippen LogP contribution < -0.4 is 20.5 Å². The minimum absolute atomic E-state index is 0.383. The fraction of sp³-hybridized carbons (Fsp3) is 0.278. The number of nitrogens with zero attached hydrogens (tertiary/aromatic N) is 1. The first kappa shape index (κ1) is 16.7. The van der Waals surface area contributed by atoms with Crippen LogP contribution in [0.5, 0.6) is 11.5 Å². The predicted octanol–water partition coefficient (Wildman–Crippen LogP) is 3.12. The summed E-state index contributed by atoms with van der Waals surface area (Å²) in [7, 11) is 1.63. The first-order valence-corrected chi connectivity index (χ1v) is 7.49. The number of aryl methyl sites for hydroxylation is 2. The van der Waals surface area contributed by atoms with Gasteiger partial charge in [0.05, 0.1) is 13.7 Å². The van der Waals surface area contributed by atoms with Crippen LogP contribution in [-0.2, 0) is 0 Å². The second-order valence-corrected chi connectivity index (χ2v) is 5.29. The van der Waals surface area contributed by atoms with E-state index in [1.165, 1.54) is 11.1 Å². The molecule has 0 aliphatic carbocycles. The van der Waals surface area contributed by atoms with Gasteiger partial charge < -0.3 is 20.5 Å². The van der Waals surface area contributed by atoms with Crippen molar-refractivity contribution in [3.05, 3.63) is 53.6 Å². The Bertz CT molecular complexity index is 646. The van der Waals surface area contributed by atoms with Gasteiger partial charge >= 0.3 is 0 Å². The van der Waals surface area contributed by atoms with Crippen LogP contribution >= 0.6 is 0 Å². The lowest BCUT2D eigenvalue weighted by Gasteiger charge is -2.09. The van der Waals surface area contributed by atoms with Gasteiger partial charge in [-0.2, -0.15) is 0 Å². The van der Waals surface area contributed by atoms with Gasteiger partial charge in [-0.3, -0.25) is 0 Å². The summed E-state index contributed by atoms with van der Waals surface area (Å²) >= 11 is 0. The van der Waals surface area contributed by atoms with E-state index in [1.807, 2.05) is 50.2 Å². The number of aliphatic imine (C=N–C) groups is 1. The molecule has 0 unspecified atom stereocenters. The number of anilines is 1.